The molecule has 2 atom stereocenters. The van der Waals surface area contributed by atoms with E-state index >= 15 is 0 Å². The van der Waals surface area contributed by atoms with E-state index in [1.165, 1.54) is 30.3 Å². The van der Waals surface area contributed by atoms with Crippen molar-refractivity contribution in [2.45, 2.75) is 49.2 Å². The Kier molecular flexibility index (Phi) is 9.55. The molecular formula is C27H27F6NO2S. The molecule has 3 nitrogen and oxygen atoms in total. The van der Waals surface area contributed by atoms with Gasteiger partial charge >= 0.3 is 11.7 Å². The monoisotopic (exact) mass is 543 g/mol. The predicted octanol–water partition coefficient (Wildman–Crippen LogP) is 7.59. The molecule has 3 aromatic carbocycles. The fraction of sp³-hybridized carbons (Fsp3) is 0.333. The lowest BCUT2D eigenvalue weighted by Gasteiger charge is -2.24. The van der Waals surface area contributed by atoms with Gasteiger partial charge in [-0.3, -0.25) is 0 Å². The molecule has 0 bridgehead atoms. The van der Waals surface area contributed by atoms with Gasteiger partial charge in [0.2, 0.25) is 0 Å². The highest BCUT2D eigenvalue weighted by atomic mass is 32.2. The second-order valence-corrected chi connectivity index (χ2v) is 9.97. The van der Waals surface area contributed by atoms with Gasteiger partial charge in [-0.15, -0.1) is 0 Å². The van der Waals surface area contributed by atoms with Gasteiger partial charge in [-0.05, 0) is 70.8 Å². The number of aliphatic hydroxyl groups is 1. The molecule has 0 spiro atoms. The Morgan fingerprint density at radius 1 is 0.865 bits per heavy atom. The average Bonchev–Trinajstić information content (AvgIpc) is 2.82. The molecule has 37 heavy (non-hydrogen) atoms. The van der Waals surface area contributed by atoms with E-state index in [-0.39, 0.29) is 35.7 Å². The first-order valence-corrected chi connectivity index (χ1v) is 12.3. The molecule has 0 saturated carbocycles. The van der Waals surface area contributed by atoms with Gasteiger partial charge in [0.25, 0.3) is 0 Å². The van der Waals surface area contributed by atoms with Crippen molar-refractivity contribution in [2.24, 2.45) is 5.92 Å². The molecule has 3 rings (SSSR count). The minimum absolute atomic E-state index is 0.0261. The number of nitrogens with one attached hydrogen (secondary N) is 1. The molecule has 0 aliphatic heterocycles. The van der Waals surface area contributed by atoms with Crippen molar-refractivity contribution in [1.82, 2.24) is 5.32 Å². The lowest BCUT2D eigenvalue weighted by atomic mass is 9.97. The van der Waals surface area contributed by atoms with Crippen molar-refractivity contribution in [3.8, 4) is 5.75 Å². The van der Waals surface area contributed by atoms with Gasteiger partial charge in [-0.2, -0.15) is 26.3 Å². The van der Waals surface area contributed by atoms with Gasteiger partial charge in [0.05, 0.1) is 17.7 Å². The number of hydrogen-bond acceptors (Lipinski definition) is 4. The number of ether oxygens (including phenoxy) is 1. The summed E-state index contributed by atoms with van der Waals surface area (Å²) in [4.78, 5) is 0.0261. The van der Waals surface area contributed by atoms with Crippen molar-refractivity contribution >= 4 is 11.8 Å². The van der Waals surface area contributed by atoms with Crippen LogP contribution < -0.4 is 10.1 Å². The topological polar surface area (TPSA) is 41.5 Å². The Hall–Kier alpha value is -2.69. The van der Waals surface area contributed by atoms with Crippen LogP contribution in [0.1, 0.15) is 42.1 Å². The van der Waals surface area contributed by atoms with Crippen LogP contribution in [0.25, 0.3) is 0 Å². The number of aliphatic hydroxyl groups excluding tert-OH is 1. The third-order valence-electron chi connectivity index (χ3n) is 5.58. The van der Waals surface area contributed by atoms with Crippen LogP contribution in [-0.4, -0.2) is 23.3 Å². The third-order valence-corrected chi connectivity index (χ3v) is 6.30. The molecular weight excluding hydrogens is 516 g/mol. The van der Waals surface area contributed by atoms with Gasteiger partial charge in [0.15, 0.2) is 0 Å². The predicted molar refractivity (Wildman–Crippen MR) is 131 cm³/mol. The second-order valence-electron chi connectivity index (χ2n) is 8.83. The smallest absolute Gasteiger partial charge is 0.446 e. The Balaban J connectivity index is 1.85. The zero-order chi connectivity index (χ0) is 27.2. The summed E-state index contributed by atoms with van der Waals surface area (Å²) in [6.45, 7) is 3.79. The largest absolute Gasteiger partial charge is 0.489 e. The average molecular weight is 544 g/mol. The zero-order valence-corrected chi connectivity index (χ0v) is 20.9. The van der Waals surface area contributed by atoms with Crippen LogP contribution >= 0.6 is 11.8 Å². The van der Waals surface area contributed by atoms with Crippen molar-refractivity contribution in [1.29, 1.82) is 0 Å². The SMILES string of the molecule is CC(C)C(O)CNC(c1cccc(OCc2cccc(C(F)(F)F)c2)c1)c1cccc(SC(F)(F)F)c1. The molecule has 2 N–H and O–H groups in total. The molecule has 0 saturated heterocycles. The fourth-order valence-corrected chi connectivity index (χ4v) is 4.19. The molecule has 200 valence electrons. The van der Waals surface area contributed by atoms with Crippen LogP contribution in [0.2, 0.25) is 0 Å². The van der Waals surface area contributed by atoms with Gasteiger partial charge in [-0.25, -0.2) is 0 Å². The standard InChI is InChI=1S/C27H27F6NO2S/c1-17(2)24(35)15-34-25(20-8-5-11-23(14-20)37-27(31,32)33)19-7-4-10-22(13-19)36-16-18-6-3-9-21(12-18)26(28,29)30/h3-14,17,24-25,34-35H,15-16H2,1-2H3. The zero-order valence-electron chi connectivity index (χ0n) is 20.1. The van der Waals surface area contributed by atoms with Crippen molar-refractivity contribution in [2.75, 3.05) is 6.54 Å². The lowest BCUT2D eigenvalue weighted by molar-refractivity contribution is -0.137. The summed E-state index contributed by atoms with van der Waals surface area (Å²) in [6.07, 6.45) is -5.15. The Morgan fingerprint density at radius 2 is 1.51 bits per heavy atom. The number of benzene rings is 3. The Labute approximate surface area is 215 Å². The molecule has 3 aromatic rings. The van der Waals surface area contributed by atoms with Crippen LogP contribution in [0.3, 0.4) is 0 Å². The summed E-state index contributed by atoms with van der Waals surface area (Å²) in [7, 11) is 0. The Morgan fingerprint density at radius 3 is 2.16 bits per heavy atom. The maximum Gasteiger partial charge on any atom is 0.446 e. The molecule has 0 aromatic heterocycles. The summed E-state index contributed by atoms with van der Waals surface area (Å²) >= 11 is -0.213. The highest BCUT2D eigenvalue weighted by Gasteiger charge is 2.31. The summed E-state index contributed by atoms with van der Waals surface area (Å²) in [5.41, 5.74) is -3.65. The van der Waals surface area contributed by atoms with Crippen LogP contribution in [0.15, 0.2) is 77.7 Å². The van der Waals surface area contributed by atoms with E-state index in [4.69, 9.17) is 4.74 Å². The van der Waals surface area contributed by atoms with Gasteiger partial charge in [-0.1, -0.05) is 50.2 Å². The van der Waals surface area contributed by atoms with Crippen LogP contribution in [0.4, 0.5) is 26.3 Å². The fourth-order valence-electron chi connectivity index (χ4n) is 3.58. The minimum Gasteiger partial charge on any atom is -0.489 e. The number of thioether (sulfide) groups is 1. The van der Waals surface area contributed by atoms with Crippen molar-refractivity contribution < 1.29 is 36.2 Å². The lowest BCUT2D eigenvalue weighted by Crippen LogP contribution is -2.33. The summed E-state index contributed by atoms with van der Waals surface area (Å²) in [5.74, 6) is 0.342. The quantitative estimate of drug-likeness (QED) is 0.204. The summed E-state index contributed by atoms with van der Waals surface area (Å²) in [5, 5.41) is 13.5. The van der Waals surface area contributed by atoms with Crippen LogP contribution in [-0.2, 0) is 12.8 Å². The normalized spacial score (nSPS) is 14.0. The van der Waals surface area contributed by atoms with E-state index in [1.807, 2.05) is 13.8 Å². The van der Waals surface area contributed by atoms with Gasteiger partial charge < -0.3 is 15.2 Å². The maximum absolute atomic E-state index is 13.0. The van der Waals surface area contributed by atoms with Gasteiger partial charge in [0.1, 0.15) is 12.4 Å². The van der Waals surface area contributed by atoms with Crippen molar-refractivity contribution in [3.05, 3.63) is 95.1 Å². The second kappa shape index (κ2) is 12.2. The molecule has 0 radical (unpaired) electrons. The third kappa shape index (κ3) is 8.98. The molecule has 0 fully saturated rings. The van der Waals surface area contributed by atoms with E-state index in [0.29, 0.717) is 22.4 Å². The van der Waals surface area contributed by atoms with Crippen molar-refractivity contribution in [3.63, 3.8) is 0 Å². The number of halogens is 6. The van der Waals surface area contributed by atoms with Gasteiger partial charge in [0, 0.05) is 11.4 Å². The van der Waals surface area contributed by atoms with E-state index in [2.05, 4.69) is 5.32 Å². The van der Waals surface area contributed by atoms with E-state index in [9.17, 15) is 31.4 Å². The summed E-state index contributed by atoms with van der Waals surface area (Å²) in [6, 6.07) is 17.1. The molecule has 2 unspecified atom stereocenters. The first kappa shape index (κ1) is 28.9. The molecule has 0 heterocycles. The molecule has 0 aliphatic carbocycles. The number of hydrogen-bond donors (Lipinski definition) is 2. The highest BCUT2D eigenvalue weighted by Crippen LogP contribution is 2.38. The van der Waals surface area contributed by atoms with E-state index < -0.39 is 29.4 Å². The molecule has 0 amide bonds. The number of alkyl halides is 6. The minimum atomic E-state index is -4.46. The van der Waals surface area contributed by atoms with Crippen LogP contribution in [0.5, 0.6) is 5.75 Å². The van der Waals surface area contributed by atoms with E-state index in [0.717, 1.165) is 12.1 Å². The highest BCUT2D eigenvalue weighted by molar-refractivity contribution is 8.00. The first-order valence-electron chi connectivity index (χ1n) is 11.5. The number of rotatable bonds is 10. The first-order chi connectivity index (χ1) is 17.3. The summed E-state index contributed by atoms with van der Waals surface area (Å²) < 4.78 is 83.6. The Bertz CT molecular complexity index is 1170. The van der Waals surface area contributed by atoms with E-state index in [1.54, 1.807) is 30.3 Å². The molecule has 10 heteroatoms. The molecule has 0 aliphatic rings. The maximum atomic E-state index is 13.0. The van der Waals surface area contributed by atoms with Crippen LogP contribution in [0, 0.1) is 5.92 Å².